The van der Waals surface area contributed by atoms with Crippen LogP contribution in [0.25, 0.3) is 0 Å². The fourth-order valence-electron chi connectivity index (χ4n) is 2.79. The van der Waals surface area contributed by atoms with Crippen LogP contribution in [-0.4, -0.2) is 34.5 Å². The fraction of sp³-hybridized carbons (Fsp3) is 0.500. The molecule has 1 aliphatic heterocycles. The van der Waals surface area contributed by atoms with Gasteiger partial charge in [0, 0.05) is 17.4 Å². The second-order valence-electron chi connectivity index (χ2n) is 5.81. The van der Waals surface area contributed by atoms with Crippen LogP contribution in [0, 0.1) is 11.7 Å². The summed E-state index contributed by atoms with van der Waals surface area (Å²) in [5.74, 6) is -1.18. The average molecular weight is 372 g/mol. The number of rotatable bonds is 4. The molecule has 22 heavy (non-hydrogen) atoms. The number of hydrogen-bond acceptors (Lipinski definition) is 2. The molecule has 0 aromatic heterocycles. The molecular weight excluding hydrogens is 353 g/mol. The van der Waals surface area contributed by atoms with E-state index in [4.69, 9.17) is 0 Å². The van der Waals surface area contributed by atoms with Crippen molar-refractivity contribution < 1.29 is 19.1 Å². The Labute approximate surface area is 137 Å². The van der Waals surface area contributed by atoms with Crippen LogP contribution in [0.15, 0.2) is 22.7 Å². The molecule has 2 unspecified atom stereocenters. The molecule has 1 saturated heterocycles. The zero-order valence-electron chi connectivity index (χ0n) is 12.4. The van der Waals surface area contributed by atoms with Crippen molar-refractivity contribution in [2.45, 2.75) is 38.6 Å². The molecule has 1 aromatic rings. The van der Waals surface area contributed by atoms with Crippen LogP contribution in [0.5, 0.6) is 0 Å². The second kappa shape index (κ2) is 7.22. The maximum atomic E-state index is 13.2. The van der Waals surface area contributed by atoms with Crippen molar-refractivity contribution in [1.82, 2.24) is 4.90 Å². The number of carbonyl (C=O) groups is 2. The fourth-order valence-corrected chi connectivity index (χ4v) is 3.24. The number of likely N-dealkylation sites (tertiary alicyclic amines) is 1. The summed E-state index contributed by atoms with van der Waals surface area (Å²) in [6, 6.07) is 3.61. The van der Waals surface area contributed by atoms with Gasteiger partial charge in [-0.05, 0) is 48.9 Å². The number of aryl methyl sites for hydroxylation is 1. The van der Waals surface area contributed by atoms with Gasteiger partial charge in [0.25, 0.3) is 0 Å². The molecule has 1 fully saturated rings. The van der Waals surface area contributed by atoms with E-state index in [0.29, 0.717) is 30.9 Å². The Kier molecular flexibility index (Phi) is 5.56. The number of aliphatic carboxylic acids is 1. The van der Waals surface area contributed by atoms with Gasteiger partial charge >= 0.3 is 5.97 Å². The molecule has 1 aromatic carbocycles. The Balaban J connectivity index is 2.01. The van der Waals surface area contributed by atoms with E-state index in [9.17, 15) is 19.1 Å². The number of carboxylic acid groups (broad SMARTS) is 1. The van der Waals surface area contributed by atoms with Crippen molar-refractivity contribution >= 4 is 27.8 Å². The highest BCUT2D eigenvalue weighted by Crippen LogP contribution is 2.25. The minimum Gasteiger partial charge on any atom is -0.480 e. The van der Waals surface area contributed by atoms with Gasteiger partial charge in [0.1, 0.15) is 11.9 Å². The summed E-state index contributed by atoms with van der Waals surface area (Å²) < 4.78 is 14.0. The van der Waals surface area contributed by atoms with Crippen molar-refractivity contribution in [2.24, 2.45) is 5.92 Å². The monoisotopic (exact) mass is 371 g/mol. The van der Waals surface area contributed by atoms with Gasteiger partial charge in [0.15, 0.2) is 0 Å². The zero-order valence-corrected chi connectivity index (χ0v) is 14.0. The van der Waals surface area contributed by atoms with Gasteiger partial charge in [-0.2, -0.15) is 0 Å². The minimum absolute atomic E-state index is 0.181. The lowest BCUT2D eigenvalue weighted by Crippen LogP contribution is -2.49. The Bertz CT molecular complexity index is 579. The van der Waals surface area contributed by atoms with E-state index in [1.165, 1.54) is 17.0 Å². The maximum Gasteiger partial charge on any atom is 0.326 e. The second-order valence-corrected chi connectivity index (χ2v) is 6.66. The molecule has 0 bridgehead atoms. The van der Waals surface area contributed by atoms with E-state index in [-0.39, 0.29) is 18.1 Å². The van der Waals surface area contributed by atoms with Crippen LogP contribution in [-0.2, 0) is 16.0 Å². The summed E-state index contributed by atoms with van der Waals surface area (Å²) in [7, 11) is 0. The van der Waals surface area contributed by atoms with Crippen molar-refractivity contribution in [3.63, 3.8) is 0 Å². The normalized spacial score (nSPS) is 21.7. The molecule has 1 heterocycles. The van der Waals surface area contributed by atoms with Crippen LogP contribution in [0.1, 0.15) is 31.7 Å². The topological polar surface area (TPSA) is 57.6 Å². The van der Waals surface area contributed by atoms with Crippen LogP contribution < -0.4 is 0 Å². The Morgan fingerprint density at radius 2 is 2.18 bits per heavy atom. The molecule has 0 radical (unpaired) electrons. The molecule has 0 aliphatic carbocycles. The first kappa shape index (κ1) is 16.9. The quantitative estimate of drug-likeness (QED) is 0.883. The van der Waals surface area contributed by atoms with Crippen LogP contribution in [0.3, 0.4) is 0 Å². The number of amides is 1. The lowest BCUT2D eigenvalue weighted by Gasteiger charge is -2.36. The standard InChI is InChI=1S/C16H19BrFNO3/c1-10-6-7-19(14(8-10)16(21)22)15(20)5-2-11-9-12(18)3-4-13(11)17/h3-4,9-10,14H,2,5-8H2,1H3,(H,21,22). The summed E-state index contributed by atoms with van der Waals surface area (Å²) in [5.41, 5.74) is 0.714. The molecule has 0 spiro atoms. The SMILES string of the molecule is CC1CCN(C(=O)CCc2cc(F)ccc2Br)C(C(=O)O)C1. The molecule has 1 amide bonds. The van der Waals surface area contributed by atoms with Gasteiger partial charge in [-0.3, -0.25) is 4.79 Å². The third-order valence-corrected chi connectivity index (χ3v) is 4.86. The van der Waals surface area contributed by atoms with Crippen molar-refractivity contribution in [1.29, 1.82) is 0 Å². The first-order chi connectivity index (χ1) is 10.4. The number of piperidine rings is 1. The maximum absolute atomic E-state index is 13.2. The molecule has 4 nitrogen and oxygen atoms in total. The number of carboxylic acids is 1. The number of nitrogens with zero attached hydrogens (tertiary/aromatic N) is 1. The summed E-state index contributed by atoms with van der Waals surface area (Å²) in [6.07, 6.45) is 1.87. The minimum atomic E-state index is -0.952. The summed E-state index contributed by atoms with van der Waals surface area (Å²) >= 11 is 3.33. The van der Waals surface area contributed by atoms with E-state index < -0.39 is 12.0 Å². The van der Waals surface area contributed by atoms with Gasteiger partial charge in [-0.1, -0.05) is 22.9 Å². The molecule has 2 rings (SSSR count). The Morgan fingerprint density at radius 1 is 1.45 bits per heavy atom. The van der Waals surface area contributed by atoms with E-state index in [1.807, 2.05) is 6.92 Å². The van der Waals surface area contributed by atoms with Crippen molar-refractivity contribution in [2.75, 3.05) is 6.54 Å². The van der Waals surface area contributed by atoms with Gasteiger partial charge in [-0.25, -0.2) is 9.18 Å². The predicted octanol–water partition coefficient (Wildman–Crippen LogP) is 3.23. The van der Waals surface area contributed by atoms with Crippen molar-refractivity contribution in [3.8, 4) is 0 Å². The van der Waals surface area contributed by atoms with E-state index >= 15 is 0 Å². The van der Waals surface area contributed by atoms with E-state index in [0.717, 1.165) is 10.9 Å². The lowest BCUT2D eigenvalue weighted by molar-refractivity contribution is -0.153. The molecule has 6 heteroatoms. The van der Waals surface area contributed by atoms with Crippen LogP contribution >= 0.6 is 15.9 Å². The van der Waals surface area contributed by atoms with Gasteiger partial charge in [0.2, 0.25) is 5.91 Å². The van der Waals surface area contributed by atoms with Gasteiger partial charge < -0.3 is 10.0 Å². The highest BCUT2D eigenvalue weighted by Gasteiger charge is 2.34. The number of hydrogen-bond donors (Lipinski definition) is 1. The summed E-state index contributed by atoms with van der Waals surface area (Å²) in [5, 5.41) is 9.29. The number of benzene rings is 1. The van der Waals surface area contributed by atoms with Gasteiger partial charge in [0.05, 0.1) is 0 Å². The van der Waals surface area contributed by atoms with Crippen LogP contribution in [0.4, 0.5) is 4.39 Å². The molecule has 2 atom stereocenters. The van der Waals surface area contributed by atoms with Crippen molar-refractivity contribution in [3.05, 3.63) is 34.1 Å². The third kappa shape index (κ3) is 4.06. The Hall–Kier alpha value is -1.43. The molecular formula is C16H19BrFNO3. The number of halogens is 2. The highest BCUT2D eigenvalue weighted by atomic mass is 79.9. The van der Waals surface area contributed by atoms with E-state index in [2.05, 4.69) is 15.9 Å². The highest BCUT2D eigenvalue weighted by molar-refractivity contribution is 9.10. The molecule has 120 valence electrons. The average Bonchev–Trinajstić information content (AvgIpc) is 2.47. The first-order valence-electron chi connectivity index (χ1n) is 7.34. The molecule has 0 saturated carbocycles. The largest absolute Gasteiger partial charge is 0.480 e. The third-order valence-electron chi connectivity index (χ3n) is 4.09. The number of carbonyl (C=O) groups excluding carboxylic acids is 1. The molecule has 1 N–H and O–H groups in total. The summed E-state index contributed by atoms with van der Waals surface area (Å²) in [6.45, 7) is 2.48. The predicted molar refractivity (Wildman–Crippen MR) is 84.0 cm³/mol. The van der Waals surface area contributed by atoms with Gasteiger partial charge in [-0.15, -0.1) is 0 Å². The lowest BCUT2D eigenvalue weighted by atomic mass is 9.92. The zero-order chi connectivity index (χ0) is 16.3. The summed E-state index contributed by atoms with van der Waals surface area (Å²) in [4.78, 5) is 25.1. The van der Waals surface area contributed by atoms with E-state index in [1.54, 1.807) is 6.07 Å². The Morgan fingerprint density at radius 3 is 2.86 bits per heavy atom. The molecule has 1 aliphatic rings. The van der Waals surface area contributed by atoms with Crippen LogP contribution in [0.2, 0.25) is 0 Å². The first-order valence-corrected chi connectivity index (χ1v) is 8.14. The smallest absolute Gasteiger partial charge is 0.326 e.